The van der Waals surface area contributed by atoms with Gasteiger partial charge in [-0.1, -0.05) is 42.8 Å². The maximum Gasteiger partial charge on any atom is 0.255 e. The first-order valence-corrected chi connectivity index (χ1v) is 10.2. The molecule has 4 heteroatoms. The van der Waals surface area contributed by atoms with Crippen LogP contribution in [0, 0.1) is 0 Å². The van der Waals surface area contributed by atoms with Crippen molar-refractivity contribution in [3.8, 4) is 11.5 Å². The van der Waals surface area contributed by atoms with Gasteiger partial charge in [0.2, 0.25) is 0 Å². The van der Waals surface area contributed by atoms with Crippen LogP contribution in [0.25, 0.3) is 0 Å². The van der Waals surface area contributed by atoms with E-state index in [-0.39, 0.29) is 5.91 Å². The maximum atomic E-state index is 12.6. The van der Waals surface area contributed by atoms with Crippen LogP contribution in [0.15, 0.2) is 78.9 Å². The van der Waals surface area contributed by atoms with Crippen LogP contribution in [0.2, 0.25) is 0 Å². The van der Waals surface area contributed by atoms with E-state index >= 15 is 0 Å². The third-order valence-electron chi connectivity index (χ3n) is 5.14. The number of para-hydroxylation sites is 1. The van der Waals surface area contributed by atoms with Crippen LogP contribution in [-0.2, 0) is 6.54 Å². The number of carbonyl (C=O) groups excluding carboxylic acids is 1. The van der Waals surface area contributed by atoms with Crippen molar-refractivity contribution in [3.05, 3.63) is 90.0 Å². The minimum Gasteiger partial charge on any atom is -0.457 e. The fourth-order valence-corrected chi connectivity index (χ4v) is 3.60. The number of benzene rings is 3. The minimum atomic E-state index is -0.146. The number of likely N-dealkylation sites (tertiary alicyclic amines) is 1. The highest BCUT2D eigenvalue weighted by Gasteiger charge is 2.11. The molecule has 4 nitrogen and oxygen atoms in total. The molecule has 3 aromatic rings. The number of amides is 1. The summed E-state index contributed by atoms with van der Waals surface area (Å²) >= 11 is 0. The van der Waals surface area contributed by atoms with Gasteiger partial charge in [-0.15, -0.1) is 0 Å². The van der Waals surface area contributed by atoms with Gasteiger partial charge >= 0.3 is 0 Å². The molecule has 0 radical (unpaired) electrons. The number of nitrogens with zero attached hydrogens (tertiary/aromatic N) is 1. The van der Waals surface area contributed by atoms with Crippen molar-refractivity contribution < 1.29 is 9.53 Å². The first-order chi connectivity index (χ1) is 14.3. The highest BCUT2D eigenvalue weighted by molar-refractivity contribution is 6.04. The van der Waals surface area contributed by atoms with Gasteiger partial charge in [0.05, 0.1) is 0 Å². The van der Waals surface area contributed by atoms with Gasteiger partial charge in [0.25, 0.3) is 5.91 Å². The molecular formula is C25H26N2O2. The van der Waals surface area contributed by atoms with Crippen LogP contribution in [0.3, 0.4) is 0 Å². The molecule has 0 aromatic heterocycles. The number of anilines is 1. The molecule has 1 saturated heterocycles. The molecule has 1 aliphatic heterocycles. The lowest BCUT2D eigenvalue weighted by Gasteiger charge is -2.26. The van der Waals surface area contributed by atoms with Crippen LogP contribution in [0.4, 0.5) is 5.69 Å². The van der Waals surface area contributed by atoms with E-state index in [9.17, 15) is 4.79 Å². The Labute approximate surface area is 172 Å². The van der Waals surface area contributed by atoms with Gasteiger partial charge in [0, 0.05) is 17.8 Å². The third-order valence-corrected chi connectivity index (χ3v) is 5.14. The number of rotatable bonds is 6. The molecule has 1 fully saturated rings. The van der Waals surface area contributed by atoms with Gasteiger partial charge in [-0.05, 0) is 74.0 Å². The summed E-state index contributed by atoms with van der Waals surface area (Å²) in [4.78, 5) is 15.1. The topological polar surface area (TPSA) is 41.6 Å². The molecule has 0 spiro atoms. The lowest BCUT2D eigenvalue weighted by Crippen LogP contribution is -2.29. The highest BCUT2D eigenvalue weighted by atomic mass is 16.5. The van der Waals surface area contributed by atoms with Gasteiger partial charge in [0.1, 0.15) is 11.5 Å². The van der Waals surface area contributed by atoms with Crippen molar-refractivity contribution in [2.45, 2.75) is 25.8 Å². The summed E-state index contributed by atoms with van der Waals surface area (Å²) in [6, 6.07) is 24.9. The number of piperidine rings is 1. The Morgan fingerprint density at radius 2 is 1.55 bits per heavy atom. The Balaban J connectivity index is 1.37. The Hall–Kier alpha value is -3.11. The predicted molar refractivity (Wildman–Crippen MR) is 116 cm³/mol. The Morgan fingerprint density at radius 3 is 2.31 bits per heavy atom. The van der Waals surface area contributed by atoms with Gasteiger partial charge in [-0.25, -0.2) is 0 Å². The molecular weight excluding hydrogens is 360 g/mol. The first kappa shape index (κ1) is 19.2. The zero-order valence-corrected chi connectivity index (χ0v) is 16.5. The largest absolute Gasteiger partial charge is 0.457 e. The third kappa shape index (κ3) is 5.46. The molecule has 0 bridgehead atoms. The van der Waals surface area contributed by atoms with Crippen molar-refractivity contribution in [1.82, 2.24) is 4.90 Å². The number of hydrogen-bond acceptors (Lipinski definition) is 3. The van der Waals surface area contributed by atoms with Crippen molar-refractivity contribution in [3.63, 3.8) is 0 Å². The van der Waals surface area contributed by atoms with E-state index in [0.29, 0.717) is 11.3 Å². The van der Waals surface area contributed by atoms with Crippen LogP contribution in [0.5, 0.6) is 11.5 Å². The number of carbonyl (C=O) groups is 1. The lowest BCUT2D eigenvalue weighted by molar-refractivity contribution is 0.102. The molecule has 4 rings (SSSR count). The van der Waals surface area contributed by atoms with Gasteiger partial charge in [-0.2, -0.15) is 0 Å². The SMILES string of the molecule is O=C(Nc1ccc(CN2CCCCC2)cc1)c1cccc(Oc2ccccc2)c1. The molecule has 3 aromatic carbocycles. The van der Waals surface area contributed by atoms with Crippen LogP contribution in [0.1, 0.15) is 35.2 Å². The van der Waals surface area contributed by atoms with Crippen molar-refractivity contribution in [1.29, 1.82) is 0 Å². The lowest BCUT2D eigenvalue weighted by atomic mass is 10.1. The smallest absolute Gasteiger partial charge is 0.255 e. The fraction of sp³-hybridized carbons (Fsp3) is 0.240. The molecule has 1 amide bonds. The van der Waals surface area contributed by atoms with E-state index in [0.717, 1.165) is 18.0 Å². The van der Waals surface area contributed by atoms with Crippen molar-refractivity contribution in [2.75, 3.05) is 18.4 Å². The van der Waals surface area contributed by atoms with Gasteiger partial charge in [-0.3, -0.25) is 9.69 Å². The minimum absolute atomic E-state index is 0.146. The molecule has 1 heterocycles. The summed E-state index contributed by atoms with van der Waals surface area (Å²) in [5, 5.41) is 2.97. The van der Waals surface area contributed by atoms with E-state index in [1.165, 1.54) is 37.9 Å². The molecule has 29 heavy (non-hydrogen) atoms. The molecule has 0 unspecified atom stereocenters. The summed E-state index contributed by atoms with van der Waals surface area (Å²) < 4.78 is 5.82. The Bertz CT molecular complexity index is 933. The Morgan fingerprint density at radius 1 is 0.828 bits per heavy atom. The normalized spacial score (nSPS) is 14.3. The molecule has 1 aliphatic rings. The van der Waals surface area contributed by atoms with E-state index < -0.39 is 0 Å². The molecule has 148 valence electrons. The summed E-state index contributed by atoms with van der Waals surface area (Å²) in [6.07, 6.45) is 3.93. The van der Waals surface area contributed by atoms with Crippen molar-refractivity contribution in [2.24, 2.45) is 0 Å². The second-order valence-electron chi connectivity index (χ2n) is 7.43. The predicted octanol–water partition coefficient (Wildman–Crippen LogP) is 5.72. The zero-order chi connectivity index (χ0) is 19.9. The summed E-state index contributed by atoms with van der Waals surface area (Å²) in [6.45, 7) is 3.34. The second-order valence-corrected chi connectivity index (χ2v) is 7.43. The zero-order valence-electron chi connectivity index (χ0n) is 16.5. The molecule has 1 N–H and O–H groups in total. The van der Waals surface area contributed by atoms with E-state index in [2.05, 4.69) is 22.3 Å². The molecule has 0 saturated carbocycles. The Kier molecular flexibility index (Phi) is 6.22. The average molecular weight is 386 g/mol. The summed E-state index contributed by atoms with van der Waals surface area (Å²) in [5.41, 5.74) is 2.64. The first-order valence-electron chi connectivity index (χ1n) is 10.2. The van der Waals surface area contributed by atoms with Gasteiger partial charge < -0.3 is 10.1 Å². The van der Waals surface area contributed by atoms with E-state index in [1.54, 1.807) is 12.1 Å². The van der Waals surface area contributed by atoms with Crippen LogP contribution >= 0.6 is 0 Å². The second kappa shape index (κ2) is 9.39. The summed E-state index contributed by atoms with van der Waals surface area (Å²) in [5.74, 6) is 1.24. The van der Waals surface area contributed by atoms with Crippen LogP contribution < -0.4 is 10.1 Å². The number of nitrogens with one attached hydrogen (secondary N) is 1. The standard InChI is InChI=1S/C25H26N2O2/c28-25(21-8-7-11-24(18-21)29-23-9-3-1-4-10-23)26-22-14-12-20(13-15-22)19-27-16-5-2-6-17-27/h1,3-4,7-15,18H,2,5-6,16-17,19H2,(H,26,28). The average Bonchev–Trinajstić information content (AvgIpc) is 2.77. The maximum absolute atomic E-state index is 12.6. The van der Waals surface area contributed by atoms with Crippen molar-refractivity contribution >= 4 is 11.6 Å². The van der Waals surface area contributed by atoms with E-state index in [4.69, 9.17) is 4.74 Å². The summed E-state index contributed by atoms with van der Waals surface area (Å²) in [7, 11) is 0. The number of hydrogen-bond donors (Lipinski definition) is 1. The highest BCUT2D eigenvalue weighted by Crippen LogP contribution is 2.22. The number of ether oxygens (including phenoxy) is 1. The van der Waals surface area contributed by atoms with Gasteiger partial charge in [0.15, 0.2) is 0 Å². The fourth-order valence-electron chi connectivity index (χ4n) is 3.60. The van der Waals surface area contributed by atoms with Crippen LogP contribution in [-0.4, -0.2) is 23.9 Å². The monoisotopic (exact) mass is 386 g/mol. The quantitative estimate of drug-likeness (QED) is 0.589. The molecule has 0 atom stereocenters. The van der Waals surface area contributed by atoms with E-state index in [1.807, 2.05) is 54.6 Å². The molecule has 0 aliphatic carbocycles.